The number of benzene rings is 3. The molecule has 0 unspecified atom stereocenters. The summed E-state index contributed by atoms with van der Waals surface area (Å²) in [6.45, 7) is 4.46. The largest absolute Gasteiger partial charge is 0.489 e. The highest BCUT2D eigenvalue weighted by atomic mass is 79.9. The Hall–Kier alpha value is -3.58. The Morgan fingerprint density at radius 3 is 2.63 bits per heavy atom. The molecule has 0 saturated carbocycles. The van der Waals surface area contributed by atoms with Gasteiger partial charge in [0, 0.05) is 17.0 Å². The molecule has 4 aromatic rings. The summed E-state index contributed by atoms with van der Waals surface area (Å²) in [5.74, 6) is 1.52. The predicted octanol–water partition coefficient (Wildman–Crippen LogP) is 6.41. The molecule has 7 heteroatoms. The van der Waals surface area contributed by atoms with Gasteiger partial charge in [0.2, 0.25) is 0 Å². The summed E-state index contributed by atoms with van der Waals surface area (Å²) in [6.07, 6.45) is 0. The molecule has 180 valence electrons. The van der Waals surface area contributed by atoms with E-state index in [2.05, 4.69) is 20.9 Å². The number of hydrogen-bond donors (Lipinski definition) is 0. The van der Waals surface area contributed by atoms with Gasteiger partial charge in [-0.25, -0.2) is 9.78 Å². The van der Waals surface area contributed by atoms with Crippen molar-refractivity contribution >= 4 is 32.8 Å². The number of aryl methyl sites for hydroxylation is 1. The third-order valence-electron chi connectivity index (χ3n) is 5.26. The zero-order valence-electron chi connectivity index (χ0n) is 19.6. The molecule has 6 nitrogen and oxygen atoms in total. The molecule has 0 N–H and O–H groups in total. The van der Waals surface area contributed by atoms with Crippen molar-refractivity contribution in [1.82, 2.24) is 4.98 Å². The van der Waals surface area contributed by atoms with Crippen LogP contribution in [-0.4, -0.2) is 24.2 Å². The Labute approximate surface area is 212 Å². The fraction of sp³-hybridized carbons (Fsp3) is 0.214. The zero-order valence-corrected chi connectivity index (χ0v) is 21.2. The van der Waals surface area contributed by atoms with Crippen molar-refractivity contribution in [3.8, 4) is 17.2 Å². The minimum atomic E-state index is -0.404. The van der Waals surface area contributed by atoms with Crippen molar-refractivity contribution in [1.29, 1.82) is 0 Å². The lowest BCUT2D eigenvalue weighted by Gasteiger charge is -2.15. The molecular formula is C28H26BrNO5. The number of hydrogen-bond acceptors (Lipinski definition) is 6. The monoisotopic (exact) mass is 535 g/mol. The van der Waals surface area contributed by atoms with Crippen molar-refractivity contribution in [3.05, 3.63) is 94.1 Å². The van der Waals surface area contributed by atoms with E-state index < -0.39 is 5.97 Å². The van der Waals surface area contributed by atoms with Gasteiger partial charge in [-0.05, 0) is 59.6 Å². The first-order chi connectivity index (χ1) is 17.0. The van der Waals surface area contributed by atoms with E-state index >= 15 is 0 Å². The van der Waals surface area contributed by atoms with E-state index in [1.54, 1.807) is 6.92 Å². The van der Waals surface area contributed by atoms with E-state index in [1.165, 1.54) is 0 Å². The molecule has 3 aromatic carbocycles. The Bertz CT molecular complexity index is 1320. The minimum Gasteiger partial charge on any atom is -0.489 e. The SMILES string of the molecule is CCOC(=O)COc1c(C)cccc1COc1ccc(Br)c(OCc2ccc3ccccc3n2)c1. The molecule has 1 heterocycles. The molecular weight excluding hydrogens is 510 g/mol. The number of para-hydroxylation sites is 2. The quantitative estimate of drug-likeness (QED) is 0.219. The van der Waals surface area contributed by atoms with Crippen LogP contribution >= 0.6 is 15.9 Å². The van der Waals surface area contributed by atoms with E-state index in [0.717, 1.165) is 32.2 Å². The van der Waals surface area contributed by atoms with Crippen LogP contribution in [0.1, 0.15) is 23.7 Å². The number of fused-ring (bicyclic) bond motifs is 1. The number of esters is 1. The molecule has 0 amide bonds. The van der Waals surface area contributed by atoms with E-state index in [-0.39, 0.29) is 13.2 Å². The fourth-order valence-corrected chi connectivity index (χ4v) is 3.91. The zero-order chi connectivity index (χ0) is 24.6. The number of nitrogens with zero attached hydrogens (tertiary/aromatic N) is 1. The van der Waals surface area contributed by atoms with E-state index in [4.69, 9.17) is 18.9 Å². The number of rotatable bonds is 10. The summed E-state index contributed by atoms with van der Waals surface area (Å²) >= 11 is 3.54. The van der Waals surface area contributed by atoms with Gasteiger partial charge < -0.3 is 18.9 Å². The number of carbonyl (C=O) groups excluding carboxylic acids is 1. The highest BCUT2D eigenvalue weighted by molar-refractivity contribution is 9.10. The number of halogens is 1. The highest BCUT2D eigenvalue weighted by Crippen LogP contribution is 2.31. The topological polar surface area (TPSA) is 66.9 Å². The average molecular weight is 536 g/mol. The summed E-state index contributed by atoms with van der Waals surface area (Å²) < 4.78 is 23.6. The van der Waals surface area contributed by atoms with Crippen molar-refractivity contribution in [2.45, 2.75) is 27.1 Å². The van der Waals surface area contributed by atoms with E-state index in [1.807, 2.05) is 79.7 Å². The van der Waals surface area contributed by atoms with Crippen LogP contribution in [0.25, 0.3) is 10.9 Å². The number of carbonyl (C=O) groups is 1. The first-order valence-corrected chi connectivity index (χ1v) is 12.1. The Balaban J connectivity index is 1.42. The fourth-order valence-electron chi connectivity index (χ4n) is 3.55. The van der Waals surface area contributed by atoms with Crippen molar-refractivity contribution in [2.75, 3.05) is 13.2 Å². The van der Waals surface area contributed by atoms with Gasteiger partial charge in [0.1, 0.15) is 30.5 Å². The third kappa shape index (κ3) is 6.51. The molecule has 0 bridgehead atoms. The highest BCUT2D eigenvalue weighted by Gasteiger charge is 2.12. The lowest BCUT2D eigenvalue weighted by molar-refractivity contribution is -0.145. The molecule has 1 aromatic heterocycles. The normalized spacial score (nSPS) is 10.7. The van der Waals surface area contributed by atoms with Gasteiger partial charge in [-0.2, -0.15) is 0 Å². The number of ether oxygens (including phenoxy) is 4. The Kier molecular flexibility index (Phi) is 8.21. The summed E-state index contributed by atoms with van der Waals surface area (Å²) in [4.78, 5) is 16.4. The van der Waals surface area contributed by atoms with Gasteiger partial charge in [-0.15, -0.1) is 0 Å². The Morgan fingerprint density at radius 1 is 0.914 bits per heavy atom. The second kappa shape index (κ2) is 11.7. The maximum atomic E-state index is 11.7. The standard InChI is InChI=1S/C28H26BrNO5/c1-3-32-27(31)18-35-28-19(2)7-6-9-21(28)16-33-23-13-14-24(29)26(15-23)34-17-22-12-11-20-8-4-5-10-25(20)30-22/h4-15H,3,16-18H2,1-2H3. The van der Waals surface area contributed by atoms with Gasteiger partial charge in [0.15, 0.2) is 6.61 Å². The van der Waals surface area contributed by atoms with Gasteiger partial charge in [-0.3, -0.25) is 0 Å². The molecule has 0 aliphatic rings. The molecule has 0 radical (unpaired) electrons. The first-order valence-electron chi connectivity index (χ1n) is 11.3. The van der Waals surface area contributed by atoms with Crippen LogP contribution in [-0.2, 0) is 22.7 Å². The third-order valence-corrected chi connectivity index (χ3v) is 5.92. The van der Waals surface area contributed by atoms with Crippen molar-refractivity contribution in [2.24, 2.45) is 0 Å². The van der Waals surface area contributed by atoms with Crippen LogP contribution in [0.15, 0.2) is 77.3 Å². The summed E-state index contributed by atoms with van der Waals surface area (Å²) in [5.41, 5.74) is 3.52. The van der Waals surface area contributed by atoms with Gasteiger partial charge >= 0.3 is 5.97 Å². The molecule has 0 fully saturated rings. The second-order valence-electron chi connectivity index (χ2n) is 7.82. The maximum absolute atomic E-state index is 11.7. The molecule has 0 spiro atoms. The summed E-state index contributed by atoms with van der Waals surface area (Å²) in [5, 5.41) is 1.09. The second-order valence-corrected chi connectivity index (χ2v) is 8.68. The van der Waals surface area contributed by atoms with Crippen LogP contribution in [0.3, 0.4) is 0 Å². The lowest BCUT2D eigenvalue weighted by Crippen LogP contribution is -2.16. The molecule has 0 atom stereocenters. The van der Waals surface area contributed by atoms with Crippen molar-refractivity contribution in [3.63, 3.8) is 0 Å². The van der Waals surface area contributed by atoms with Gasteiger partial charge in [0.05, 0.1) is 22.3 Å². The van der Waals surface area contributed by atoms with E-state index in [0.29, 0.717) is 30.5 Å². The summed E-state index contributed by atoms with van der Waals surface area (Å²) in [6, 6.07) is 23.3. The smallest absolute Gasteiger partial charge is 0.344 e. The number of pyridine rings is 1. The molecule has 35 heavy (non-hydrogen) atoms. The lowest BCUT2D eigenvalue weighted by atomic mass is 10.1. The Morgan fingerprint density at radius 2 is 1.77 bits per heavy atom. The maximum Gasteiger partial charge on any atom is 0.344 e. The molecule has 4 rings (SSSR count). The first kappa shape index (κ1) is 24.5. The van der Waals surface area contributed by atoms with Gasteiger partial charge in [-0.1, -0.05) is 42.5 Å². The van der Waals surface area contributed by atoms with E-state index in [9.17, 15) is 4.79 Å². The van der Waals surface area contributed by atoms with Crippen LogP contribution in [0.2, 0.25) is 0 Å². The minimum absolute atomic E-state index is 0.148. The van der Waals surface area contributed by atoms with Crippen LogP contribution in [0, 0.1) is 6.92 Å². The molecule has 0 saturated heterocycles. The summed E-state index contributed by atoms with van der Waals surface area (Å²) in [7, 11) is 0. The molecule has 0 aliphatic carbocycles. The molecule has 0 aliphatic heterocycles. The van der Waals surface area contributed by atoms with Crippen LogP contribution in [0.5, 0.6) is 17.2 Å². The van der Waals surface area contributed by atoms with Gasteiger partial charge in [0.25, 0.3) is 0 Å². The van der Waals surface area contributed by atoms with Crippen molar-refractivity contribution < 1.29 is 23.7 Å². The predicted molar refractivity (Wildman–Crippen MR) is 138 cm³/mol. The average Bonchev–Trinajstić information content (AvgIpc) is 2.87. The van der Waals surface area contributed by atoms with Crippen LogP contribution < -0.4 is 14.2 Å². The van der Waals surface area contributed by atoms with Crippen LogP contribution in [0.4, 0.5) is 0 Å². The number of aromatic nitrogens is 1.